The highest BCUT2D eigenvalue weighted by Gasteiger charge is 2.32. The van der Waals surface area contributed by atoms with Gasteiger partial charge in [0.25, 0.3) is 0 Å². The third-order valence-corrected chi connectivity index (χ3v) is 5.37. The topological polar surface area (TPSA) is 15.3 Å². The van der Waals surface area contributed by atoms with Gasteiger partial charge in [0.2, 0.25) is 0 Å². The van der Waals surface area contributed by atoms with Crippen molar-refractivity contribution in [1.82, 2.24) is 10.2 Å². The Morgan fingerprint density at radius 2 is 1.47 bits per heavy atom. The summed E-state index contributed by atoms with van der Waals surface area (Å²) in [5.41, 5.74) is 0. The fourth-order valence-electron chi connectivity index (χ4n) is 4.19. The van der Waals surface area contributed by atoms with Gasteiger partial charge >= 0.3 is 0 Å². The molecular formula is C17H34N2. The highest BCUT2D eigenvalue weighted by atomic mass is 15.2. The van der Waals surface area contributed by atoms with Crippen molar-refractivity contribution in [3.63, 3.8) is 0 Å². The maximum absolute atomic E-state index is 3.71. The van der Waals surface area contributed by atoms with Crippen molar-refractivity contribution >= 4 is 0 Å². The predicted octanol–water partition coefficient (Wildman–Crippen LogP) is 3.66. The van der Waals surface area contributed by atoms with Crippen LogP contribution in [-0.2, 0) is 0 Å². The first-order chi connectivity index (χ1) is 9.08. The Labute approximate surface area is 120 Å². The molecule has 1 aliphatic carbocycles. The molecule has 0 radical (unpaired) electrons. The number of hydrogen-bond donors (Lipinski definition) is 1. The van der Waals surface area contributed by atoms with E-state index in [4.69, 9.17) is 0 Å². The molecule has 4 atom stereocenters. The van der Waals surface area contributed by atoms with E-state index < -0.39 is 0 Å². The van der Waals surface area contributed by atoms with Crippen molar-refractivity contribution in [2.24, 2.45) is 11.8 Å². The van der Waals surface area contributed by atoms with Crippen LogP contribution in [0.3, 0.4) is 0 Å². The van der Waals surface area contributed by atoms with Crippen LogP contribution in [0, 0.1) is 11.8 Å². The largest absolute Gasteiger partial charge is 0.312 e. The molecule has 1 saturated carbocycles. The fraction of sp³-hybridized carbons (Fsp3) is 1.00. The maximum atomic E-state index is 3.71. The van der Waals surface area contributed by atoms with Gasteiger partial charge < -0.3 is 5.32 Å². The van der Waals surface area contributed by atoms with Gasteiger partial charge in [-0.25, -0.2) is 0 Å². The van der Waals surface area contributed by atoms with Crippen molar-refractivity contribution in [3.05, 3.63) is 0 Å². The Morgan fingerprint density at radius 1 is 0.895 bits per heavy atom. The van der Waals surface area contributed by atoms with Crippen molar-refractivity contribution in [2.45, 2.75) is 84.3 Å². The van der Waals surface area contributed by atoms with Crippen molar-refractivity contribution in [2.75, 3.05) is 13.1 Å². The number of nitrogens with zero attached hydrogens (tertiary/aromatic N) is 1. The minimum atomic E-state index is 0.680. The Hall–Kier alpha value is -0.0800. The van der Waals surface area contributed by atoms with Crippen molar-refractivity contribution in [1.29, 1.82) is 0 Å². The lowest BCUT2D eigenvalue weighted by molar-refractivity contribution is 0.0661. The zero-order chi connectivity index (χ0) is 13.8. The first kappa shape index (κ1) is 15.3. The van der Waals surface area contributed by atoms with Crippen molar-refractivity contribution in [3.8, 4) is 0 Å². The molecule has 1 saturated heterocycles. The lowest BCUT2D eigenvalue weighted by Gasteiger charge is -2.44. The van der Waals surface area contributed by atoms with E-state index in [1.165, 1.54) is 51.6 Å². The summed E-state index contributed by atoms with van der Waals surface area (Å²) >= 11 is 0. The molecule has 2 heteroatoms. The number of rotatable bonds is 2. The Balaban J connectivity index is 2.00. The zero-order valence-corrected chi connectivity index (χ0v) is 13.5. The second kappa shape index (κ2) is 7.08. The third-order valence-electron chi connectivity index (χ3n) is 5.37. The quantitative estimate of drug-likeness (QED) is 0.820. The van der Waals surface area contributed by atoms with Gasteiger partial charge in [-0.1, -0.05) is 26.7 Å². The SMILES string of the molecule is CC1CCN(C2CCCCC2C(C)C)CCC(C)N1. The molecule has 0 aromatic carbocycles. The summed E-state index contributed by atoms with van der Waals surface area (Å²) in [6.45, 7) is 12.2. The molecule has 0 spiro atoms. The van der Waals surface area contributed by atoms with E-state index >= 15 is 0 Å². The predicted molar refractivity (Wildman–Crippen MR) is 83.5 cm³/mol. The van der Waals surface area contributed by atoms with Crippen LogP contribution in [0.4, 0.5) is 0 Å². The summed E-state index contributed by atoms with van der Waals surface area (Å²) < 4.78 is 0. The third kappa shape index (κ3) is 4.19. The second-order valence-corrected chi connectivity index (χ2v) is 7.34. The van der Waals surface area contributed by atoms with Crippen LogP contribution in [0.25, 0.3) is 0 Å². The van der Waals surface area contributed by atoms with Crippen LogP contribution < -0.4 is 5.32 Å². The van der Waals surface area contributed by atoms with Gasteiger partial charge in [0, 0.05) is 18.1 Å². The van der Waals surface area contributed by atoms with Crippen LogP contribution >= 0.6 is 0 Å². The molecule has 0 aromatic heterocycles. The Bertz CT molecular complexity index is 252. The van der Waals surface area contributed by atoms with Crippen LogP contribution in [0.5, 0.6) is 0 Å². The lowest BCUT2D eigenvalue weighted by atomic mass is 9.77. The molecule has 2 fully saturated rings. The van der Waals surface area contributed by atoms with Gasteiger partial charge in [-0.05, 0) is 64.5 Å². The van der Waals surface area contributed by atoms with Gasteiger partial charge in [0.05, 0.1) is 0 Å². The summed E-state index contributed by atoms with van der Waals surface area (Å²) in [6, 6.07) is 2.23. The summed E-state index contributed by atoms with van der Waals surface area (Å²) in [5.74, 6) is 1.79. The van der Waals surface area contributed by atoms with E-state index in [2.05, 4.69) is 37.9 Å². The summed E-state index contributed by atoms with van der Waals surface area (Å²) in [7, 11) is 0. The monoisotopic (exact) mass is 266 g/mol. The molecule has 112 valence electrons. The van der Waals surface area contributed by atoms with E-state index in [1.54, 1.807) is 0 Å². The molecule has 1 N–H and O–H groups in total. The van der Waals surface area contributed by atoms with E-state index in [9.17, 15) is 0 Å². The molecule has 0 bridgehead atoms. The molecule has 0 aromatic rings. The fourth-order valence-corrected chi connectivity index (χ4v) is 4.19. The highest BCUT2D eigenvalue weighted by molar-refractivity contribution is 4.87. The zero-order valence-electron chi connectivity index (χ0n) is 13.5. The summed E-state index contributed by atoms with van der Waals surface area (Å²) in [6.07, 6.45) is 8.44. The average molecular weight is 266 g/mol. The number of hydrogen-bond acceptors (Lipinski definition) is 2. The molecule has 2 rings (SSSR count). The van der Waals surface area contributed by atoms with Crippen LogP contribution in [0.15, 0.2) is 0 Å². The molecule has 1 aliphatic heterocycles. The van der Waals surface area contributed by atoms with Gasteiger partial charge in [-0.2, -0.15) is 0 Å². The first-order valence-electron chi connectivity index (χ1n) is 8.58. The van der Waals surface area contributed by atoms with E-state index in [0.717, 1.165) is 17.9 Å². The average Bonchev–Trinajstić information content (AvgIpc) is 2.36. The summed E-state index contributed by atoms with van der Waals surface area (Å²) in [5, 5.41) is 3.71. The number of nitrogens with one attached hydrogen (secondary N) is 1. The second-order valence-electron chi connectivity index (χ2n) is 7.34. The molecule has 2 aliphatic rings. The van der Waals surface area contributed by atoms with Crippen molar-refractivity contribution < 1.29 is 0 Å². The van der Waals surface area contributed by atoms with Gasteiger partial charge in [0.15, 0.2) is 0 Å². The molecule has 19 heavy (non-hydrogen) atoms. The Kier molecular flexibility index (Phi) is 5.70. The maximum Gasteiger partial charge on any atom is 0.0126 e. The normalized spacial score (nSPS) is 39.0. The van der Waals surface area contributed by atoms with E-state index in [-0.39, 0.29) is 0 Å². The van der Waals surface area contributed by atoms with E-state index in [1.807, 2.05) is 0 Å². The van der Waals surface area contributed by atoms with Gasteiger partial charge in [-0.3, -0.25) is 4.90 Å². The molecular weight excluding hydrogens is 232 g/mol. The minimum absolute atomic E-state index is 0.680. The summed E-state index contributed by atoms with van der Waals surface area (Å²) in [4.78, 5) is 2.84. The lowest BCUT2D eigenvalue weighted by Crippen LogP contribution is -2.50. The van der Waals surface area contributed by atoms with Gasteiger partial charge in [-0.15, -0.1) is 0 Å². The molecule has 1 heterocycles. The standard InChI is InChI=1S/C17H34N2/c1-13(2)16-7-5-6-8-17(16)19-11-9-14(3)18-15(4)10-12-19/h13-18H,5-12H2,1-4H3. The van der Waals surface area contributed by atoms with E-state index in [0.29, 0.717) is 12.1 Å². The molecule has 2 nitrogen and oxygen atoms in total. The smallest absolute Gasteiger partial charge is 0.0126 e. The molecule has 0 amide bonds. The minimum Gasteiger partial charge on any atom is -0.312 e. The first-order valence-corrected chi connectivity index (χ1v) is 8.58. The van der Waals surface area contributed by atoms with Crippen LogP contribution in [0.2, 0.25) is 0 Å². The Morgan fingerprint density at radius 3 is 2.05 bits per heavy atom. The van der Waals surface area contributed by atoms with Crippen LogP contribution in [0.1, 0.15) is 66.2 Å². The van der Waals surface area contributed by atoms with Crippen LogP contribution in [-0.4, -0.2) is 36.1 Å². The molecule has 4 unspecified atom stereocenters. The van der Waals surface area contributed by atoms with Gasteiger partial charge in [0.1, 0.15) is 0 Å². The highest BCUT2D eigenvalue weighted by Crippen LogP contribution is 2.34.